The highest BCUT2D eigenvalue weighted by molar-refractivity contribution is 7.19. The van der Waals surface area contributed by atoms with Crippen LogP contribution in [0.5, 0.6) is 0 Å². The lowest BCUT2D eigenvalue weighted by Gasteiger charge is -2.34. The fourth-order valence-corrected chi connectivity index (χ4v) is 13.8. The van der Waals surface area contributed by atoms with Gasteiger partial charge in [-0.25, -0.2) is 15.0 Å². The Balaban J connectivity index is 1.20. The van der Waals surface area contributed by atoms with Crippen LogP contribution in [-0.4, -0.2) is 27.6 Å². The Morgan fingerprint density at radius 3 is 1.58 bits per heavy atom. The fraction of sp³-hybridized carbons (Fsp3) is 0. The molecule has 0 amide bonds. The first kappa shape index (κ1) is 23.2. The summed E-state index contributed by atoms with van der Waals surface area (Å²) < 4.78 is 217. The first-order valence-corrected chi connectivity index (χ1v) is 23.5. The molecule has 0 spiro atoms. The topological polar surface area (TPSA) is 56.7 Å². The van der Waals surface area contributed by atoms with E-state index in [4.69, 9.17) is 37.2 Å². The van der Waals surface area contributed by atoms with Crippen molar-refractivity contribution in [3.63, 3.8) is 0 Å². The highest BCUT2D eigenvalue weighted by atomic mass is 28.3. The minimum atomic E-state index is -3.43. The first-order valence-electron chi connectivity index (χ1n) is 33.0. The van der Waals surface area contributed by atoms with Gasteiger partial charge in [0.2, 0.25) is 0 Å². The molecule has 10 aromatic carbocycles. The number of benzene rings is 10. The average molecular weight is 922 g/mol. The van der Waals surface area contributed by atoms with Crippen molar-refractivity contribution in [3.8, 4) is 51.0 Å². The molecule has 3 heterocycles. The van der Waals surface area contributed by atoms with Gasteiger partial charge in [0.05, 0.1) is 48.2 Å². The molecular formula is C63H42N4OSi. The van der Waals surface area contributed by atoms with Crippen molar-refractivity contribution in [2.24, 2.45) is 0 Å². The largest absolute Gasteiger partial charge is 0.455 e. The molecule has 0 fully saturated rings. The van der Waals surface area contributed by atoms with E-state index in [9.17, 15) is 13.7 Å². The van der Waals surface area contributed by atoms with Gasteiger partial charge >= 0.3 is 0 Å². The third kappa shape index (κ3) is 6.72. The van der Waals surface area contributed by atoms with Gasteiger partial charge in [0.1, 0.15) is 11.2 Å². The van der Waals surface area contributed by atoms with Crippen LogP contribution in [0.1, 0.15) is 31.5 Å². The fourth-order valence-electron chi connectivity index (χ4n) is 9.05. The molecule has 0 aliphatic rings. The molecule has 0 N–H and O–H groups in total. The maximum Gasteiger partial charge on any atom is 0.179 e. The van der Waals surface area contributed by atoms with Crippen molar-refractivity contribution in [2.75, 3.05) is 0 Å². The van der Waals surface area contributed by atoms with E-state index < -0.39 is 220 Å². The SMILES string of the molecule is [2H]c1c([2H])c(-c2nc(-c3cccc([Si](c4ccccc4)(c4ccccc4)c4ccccc4)c3)nc(-c3c([2H])c([2H])c([2H])c([2H])c3-n3c4c([2H])c([2H])c([2H])c([2H])c4c4c([2H])c([2H])c([2H])c([2H])c43)n2)c([2H])c(-c2c([2H])c([2H])c([2H])c3c2oc2c([2H])c([2H])c([2H])c([2H])c23)c1[2H]. The van der Waals surface area contributed by atoms with E-state index in [1.165, 1.54) is 0 Å². The third-order valence-electron chi connectivity index (χ3n) is 12.0. The Morgan fingerprint density at radius 2 is 0.899 bits per heavy atom. The van der Waals surface area contributed by atoms with E-state index in [1.807, 2.05) is 103 Å². The second-order valence-corrected chi connectivity index (χ2v) is 19.6. The van der Waals surface area contributed by atoms with Crippen LogP contribution in [0, 0.1) is 0 Å². The van der Waals surface area contributed by atoms with Gasteiger partial charge in [-0.15, -0.1) is 0 Å². The molecule has 0 unspecified atom stereocenters. The monoisotopic (exact) mass is 921 g/mol. The van der Waals surface area contributed by atoms with Crippen LogP contribution in [0.25, 0.3) is 94.7 Å². The molecule has 324 valence electrons. The van der Waals surface area contributed by atoms with E-state index in [-0.39, 0.29) is 22.2 Å². The second-order valence-electron chi connectivity index (χ2n) is 15.8. The van der Waals surface area contributed by atoms with Crippen LogP contribution in [-0.2, 0) is 0 Å². The van der Waals surface area contributed by atoms with E-state index in [1.54, 1.807) is 12.1 Å². The molecule has 0 atom stereocenters. The molecule has 0 bridgehead atoms. The van der Waals surface area contributed by atoms with Gasteiger partial charge < -0.3 is 8.98 Å². The lowest BCUT2D eigenvalue weighted by Crippen LogP contribution is -2.74. The van der Waals surface area contributed by atoms with Gasteiger partial charge in [0.25, 0.3) is 0 Å². The summed E-state index contributed by atoms with van der Waals surface area (Å²) in [6.45, 7) is 0. The molecule has 0 saturated carbocycles. The van der Waals surface area contributed by atoms with Gasteiger partial charge in [-0.3, -0.25) is 0 Å². The normalized spacial score (nSPS) is 16.4. The zero-order valence-corrected chi connectivity index (χ0v) is 36.7. The molecular weight excluding hydrogens is 857 g/mol. The molecule has 13 aromatic rings. The number of aromatic nitrogens is 4. The number of fused-ring (bicyclic) bond motifs is 6. The number of rotatable bonds is 9. The smallest absolute Gasteiger partial charge is 0.179 e. The van der Waals surface area contributed by atoms with Gasteiger partial charge in [0, 0.05) is 43.8 Å². The minimum Gasteiger partial charge on any atom is -0.455 e. The molecule has 0 aliphatic carbocycles. The molecule has 69 heavy (non-hydrogen) atoms. The van der Waals surface area contributed by atoms with Crippen molar-refractivity contribution < 1.29 is 35.9 Å². The Bertz CT molecular complexity index is 5230. The van der Waals surface area contributed by atoms with Crippen LogP contribution in [0.3, 0.4) is 0 Å². The van der Waals surface area contributed by atoms with Crippen molar-refractivity contribution in [1.82, 2.24) is 19.5 Å². The lowest BCUT2D eigenvalue weighted by molar-refractivity contribution is 0.670. The Labute approximate surface area is 432 Å². The Morgan fingerprint density at radius 1 is 0.391 bits per heavy atom. The average Bonchev–Trinajstić information content (AvgIpc) is 1.47. The number of nitrogens with zero attached hydrogens (tertiary/aromatic N) is 4. The second kappa shape index (κ2) is 16.7. The zero-order chi connectivity index (χ0) is 65.7. The summed E-state index contributed by atoms with van der Waals surface area (Å²) in [4.78, 5) is 14.7. The van der Waals surface area contributed by atoms with Crippen LogP contribution in [0.2, 0.25) is 0 Å². The van der Waals surface area contributed by atoms with Crippen molar-refractivity contribution in [3.05, 3.63) is 254 Å². The third-order valence-corrected chi connectivity index (χ3v) is 16.8. The van der Waals surface area contributed by atoms with Crippen LogP contribution in [0.15, 0.2) is 259 Å². The number of furan rings is 1. The Hall–Kier alpha value is -8.97. The molecule has 0 saturated heterocycles. The van der Waals surface area contributed by atoms with Crippen molar-refractivity contribution in [1.29, 1.82) is 0 Å². The summed E-state index contributed by atoms with van der Waals surface area (Å²) in [5.41, 5.74) is -5.20. The van der Waals surface area contributed by atoms with Gasteiger partial charge in [0.15, 0.2) is 25.5 Å². The lowest BCUT2D eigenvalue weighted by atomic mass is 10.00. The number of para-hydroxylation sites is 5. The number of hydrogen-bond acceptors (Lipinski definition) is 4. The molecule has 0 aliphatic heterocycles. The van der Waals surface area contributed by atoms with Crippen LogP contribution >= 0.6 is 0 Å². The molecule has 5 nitrogen and oxygen atoms in total. The van der Waals surface area contributed by atoms with Gasteiger partial charge in [-0.2, -0.15) is 0 Å². The molecule has 3 aromatic heterocycles. The van der Waals surface area contributed by atoms with Crippen LogP contribution < -0.4 is 20.7 Å². The van der Waals surface area contributed by atoms with Crippen LogP contribution in [0.4, 0.5) is 0 Å². The summed E-state index contributed by atoms with van der Waals surface area (Å²) in [6, 6.07) is 17.7. The highest BCUT2D eigenvalue weighted by Gasteiger charge is 2.41. The van der Waals surface area contributed by atoms with E-state index >= 15 is 0 Å². The minimum absolute atomic E-state index is 0.193. The van der Waals surface area contributed by atoms with Gasteiger partial charge in [-0.1, -0.05) is 218 Å². The maximum atomic E-state index is 10.1. The first-order chi connectivity index (χ1) is 43.8. The summed E-state index contributed by atoms with van der Waals surface area (Å²) in [5.74, 6) is -1.69. The zero-order valence-electron chi connectivity index (χ0n) is 58.7. The Kier molecular flexibility index (Phi) is 5.61. The van der Waals surface area contributed by atoms with E-state index in [0.717, 1.165) is 25.3 Å². The quantitative estimate of drug-likeness (QED) is 0.107. The van der Waals surface area contributed by atoms with Crippen molar-refractivity contribution in [2.45, 2.75) is 0 Å². The molecule has 13 rings (SSSR count). The van der Waals surface area contributed by atoms with Crippen molar-refractivity contribution >= 4 is 72.6 Å². The summed E-state index contributed by atoms with van der Waals surface area (Å²) in [7, 11) is -3.43. The number of hydrogen-bond donors (Lipinski definition) is 0. The van der Waals surface area contributed by atoms with E-state index in [0.29, 0.717) is 0 Å². The molecule has 0 radical (unpaired) electrons. The van der Waals surface area contributed by atoms with Gasteiger partial charge in [-0.05, 0) is 62.6 Å². The standard InChI is InChI=1S/C63H42N4OSi/c1-4-24-46(25-5-1)69(47-26-6-2-7-27-47,48-28-8-3-9-29-48)49-30-19-23-45(42-49)62-64-61(44-22-18-21-43(41-44)50-35-20-36-54-53-33-13-17-40-59(53)68-60(50)54)65-63(66-62)55-34-12-16-39-58(55)67-56-37-14-10-31-51(56)52-32-11-15-38-57(52)67/h1-42H/i10D,11D,12D,13D,14D,15D,16D,17D,18D,20D,21D,22D,31D,32D,33D,34D,35D,36D,37D,38D,39D,40D,41D. The molecule has 6 heteroatoms. The predicted molar refractivity (Wildman–Crippen MR) is 287 cm³/mol. The summed E-state index contributed by atoms with van der Waals surface area (Å²) in [6.07, 6.45) is 0. The summed E-state index contributed by atoms with van der Waals surface area (Å²) >= 11 is 0. The van der Waals surface area contributed by atoms with E-state index in [2.05, 4.69) is 0 Å². The highest BCUT2D eigenvalue weighted by Crippen LogP contribution is 2.39. The maximum absolute atomic E-state index is 10.1. The predicted octanol–water partition coefficient (Wildman–Crippen LogP) is 12.9. The summed E-state index contributed by atoms with van der Waals surface area (Å²) in [5, 5.41) is 1.98.